The Balaban J connectivity index is 1.83. The van der Waals surface area contributed by atoms with Gasteiger partial charge in [-0.3, -0.25) is 9.59 Å². The molecule has 31 heavy (non-hydrogen) atoms. The van der Waals surface area contributed by atoms with Crippen LogP contribution < -0.4 is 15.8 Å². The van der Waals surface area contributed by atoms with E-state index in [1.807, 2.05) is 17.9 Å². The van der Waals surface area contributed by atoms with E-state index < -0.39 is 11.0 Å². The third-order valence-corrected chi connectivity index (χ3v) is 6.96. The summed E-state index contributed by atoms with van der Waals surface area (Å²) >= 11 is 0. The summed E-state index contributed by atoms with van der Waals surface area (Å²) in [6.07, 6.45) is 4.26. The number of carbonyl (C=O) groups excluding carboxylic acids is 2. The lowest BCUT2D eigenvalue weighted by molar-refractivity contribution is -0.133. The lowest BCUT2D eigenvalue weighted by Gasteiger charge is -2.49. The van der Waals surface area contributed by atoms with Gasteiger partial charge in [-0.15, -0.1) is 0 Å². The van der Waals surface area contributed by atoms with Crippen LogP contribution in [0.4, 0.5) is 4.39 Å². The van der Waals surface area contributed by atoms with Crippen molar-refractivity contribution in [1.29, 1.82) is 0 Å². The van der Waals surface area contributed by atoms with Crippen molar-refractivity contribution >= 4 is 11.8 Å². The molecule has 1 aromatic carbocycles. The van der Waals surface area contributed by atoms with Crippen LogP contribution in [0.1, 0.15) is 62.4 Å². The Morgan fingerprint density at radius 1 is 1.35 bits per heavy atom. The predicted molar refractivity (Wildman–Crippen MR) is 119 cm³/mol. The predicted octanol–water partition coefficient (Wildman–Crippen LogP) is 3.35. The fourth-order valence-electron chi connectivity index (χ4n) is 4.72. The summed E-state index contributed by atoms with van der Waals surface area (Å²) in [4.78, 5) is 27.8. The van der Waals surface area contributed by atoms with Gasteiger partial charge in [0.2, 0.25) is 5.91 Å². The number of hydrogen-bond donors (Lipinski definition) is 2. The largest absolute Gasteiger partial charge is 0.489 e. The van der Waals surface area contributed by atoms with Crippen molar-refractivity contribution < 1.29 is 18.7 Å². The van der Waals surface area contributed by atoms with E-state index in [-0.39, 0.29) is 25.0 Å². The first-order valence-corrected chi connectivity index (χ1v) is 11.1. The summed E-state index contributed by atoms with van der Waals surface area (Å²) in [5, 5.41) is 3.23. The number of nitrogens with two attached hydrogens (primary N) is 1. The maximum atomic E-state index is 13.0. The molecule has 6 nitrogen and oxygen atoms in total. The molecule has 170 valence electrons. The number of amides is 2. The average molecular weight is 432 g/mol. The minimum atomic E-state index is -0.549. The molecule has 0 aromatic heterocycles. The Kier molecular flexibility index (Phi) is 7.04. The first kappa shape index (κ1) is 23.3. The molecule has 1 saturated heterocycles. The van der Waals surface area contributed by atoms with Gasteiger partial charge >= 0.3 is 0 Å². The van der Waals surface area contributed by atoms with Gasteiger partial charge in [-0.25, -0.2) is 4.39 Å². The van der Waals surface area contributed by atoms with Crippen molar-refractivity contribution in [1.82, 2.24) is 10.2 Å². The fourth-order valence-corrected chi connectivity index (χ4v) is 4.72. The molecule has 2 aliphatic heterocycles. The summed E-state index contributed by atoms with van der Waals surface area (Å²) in [6.45, 7) is 7.97. The lowest BCUT2D eigenvalue weighted by atomic mass is 9.63. The summed E-state index contributed by atoms with van der Waals surface area (Å²) in [5.41, 5.74) is 6.35. The van der Waals surface area contributed by atoms with Gasteiger partial charge in [-0.05, 0) is 54.9 Å². The van der Waals surface area contributed by atoms with Crippen LogP contribution in [0.15, 0.2) is 30.1 Å². The number of hydrogen-bond acceptors (Lipinski definition) is 4. The fraction of sp³-hybridized carbons (Fsp3) is 0.583. The summed E-state index contributed by atoms with van der Waals surface area (Å²) in [7, 11) is 0. The van der Waals surface area contributed by atoms with E-state index in [1.165, 1.54) is 0 Å². The molecule has 0 spiro atoms. The van der Waals surface area contributed by atoms with Crippen LogP contribution in [0.25, 0.3) is 0 Å². The molecule has 7 heteroatoms. The Bertz CT molecular complexity index is 862. The van der Waals surface area contributed by atoms with Gasteiger partial charge in [-0.2, -0.15) is 0 Å². The highest BCUT2D eigenvalue weighted by Crippen LogP contribution is 2.43. The van der Waals surface area contributed by atoms with E-state index in [9.17, 15) is 14.0 Å². The zero-order chi connectivity index (χ0) is 22.6. The second kappa shape index (κ2) is 9.39. The summed E-state index contributed by atoms with van der Waals surface area (Å²) in [6, 6.07) is 5.30. The Hall–Kier alpha value is -2.41. The summed E-state index contributed by atoms with van der Waals surface area (Å²) < 4.78 is 18.5. The van der Waals surface area contributed by atoms with Crippen molar-refractivity contribution in [3.05, 3.63) is 41.2 Å². The van der Waals surface area contributed by atoms with Gasteiger partial charge in [0.15, 0.2) is 0 Å². The molecule has 3 N–H and O–H groups in total. The SMILES string of the molecule is CCC1(C(C)(C)CC(=O)N2CCCC2)Cc2cc(OC/C(=C/F)CN)ccc2C(=O)N1. The number of nitrogens with zero attached hydrogens (tertiary/aromatic N) is 1. The molecule has 2 amide bonds. The molecule has 3 rings (SSSR count). The Labute approximate surface area is 184 Å². The first-order chi connectivity index (χ1) is 14.7. The molecule has 0 aliphatic carbocycles. The van der Waals surface area contributed by atoms with Crippen LogP contribution in [0.3, 0.4) is 0 Å². The van der Waals surface area contributed by atoms with E-state index in [0.29, 0.717) is 42.5 Å². The highest BCUT2D eigenvalue weighted by molar-refractivity contribution is 5.98. The van der Waals surface area contributed by atoms with E-state index in [4.69, 9.17) is 10.5 Å². The van der Waals surface area contributed by atoms with Crippen LogP contribution in [-0.4, -0.2) is 48.5 Å². The van der Waals surface area contributed by atoms with Crippen LogP contribution in [0.5, 0.6) is 5.75 Å². The second-order valence-corrected chi connectivity index (χ2v) is 9.29. The third kappa shape index (κ3) is 4.76. The Morgan fingerprint density at radius 3 is 2.68 bits per heavy atom. The zero-order valence-corrected chi connectivity index (χ0v) is 18.8. The maximum absolute atomic E-state index is 13.0. The van der Waals surface area contributed by atoms with Gasteiger partial charge in [0.25, 0.3) is 5.91 Å². The van der Waals surface area contributed by atoms with Crippen LogP contribution in [0, 0.1) is 5.41 Å². The molecule has 0 radical (unpaired) electrons. The van der Waals surface area contributed by atoms with Crippen molar-refractivity contribution in [2.45, 2.75) is 58.4 Å². The molecule has 1 atom stereocenters. The van der Waals surface area contributed by atoms with Crippen molar-refractivity contribution in [3.63, 3.8) is 0 Å². The molecule has 1 aromatic rings. The standard InChI is InChI=1S/C24H34FN3O3/c1-4-24(23(2,3)13-21(29)28-9-5-6-10-28)12-18-11-19(31-16-17(14-25)15-26)7-8-20(18)22(30)27-24/h7-8,11,14H,4-6,9-10,12-13,15-16,26H2,1-3H3,(H,27,30)/b17-14+. The van der Waals surface area contributed by atoms with E-state index in [0.717, 1.165) is 31.5 Å². The van der Waals surface area contributed by atoms with Crippen LogP contribution >= 0.6 is 0 Å². The van der Waals surface area contributed by atoms with E-state index >= 15 is 0 Å². The van der Waals surface area contributed by atoms with Gasteiger partial charge in [-0.1, -0.05) is 20.8 Å². The van der Waals surface area contributed by atoms with Crippen LogP contribution in [0.2, 0.25) is 0 Å². The topological polar surface area (TPSA) is 84.7 Å². The Morgan fingerprint density at radius 2 is 2.06 bits per heavy atom. The monoisotopic (exact) mass is 431 g/mol. The zero-order valence-electron chi connectivity index (χ0n) is 18.8. The number of ether oxygens (including phenoxy) is 1. The number of rotatable bonds is 8. The average Bonchev–Trinajstić information content (AvgIpc) is 3.29. The lowest BCUT2D eigenvalue weighted by Crippen LogP contribution is -2.62. The van der Waals surface area contributed by atoms with Gasteiger partial charge in [0, 0.05) is 42.7 Å². The highest BCUT2D eigenvalue weighted by atomic mass is 19.1. The summed E-state index contributed by atoms with van der Waals surface area (Å²) in [5.74, 6) is 0.583. The number of halogens is 1. The smallest absolute Gasteiger partial charge is 0.252 e. The molecule has 1 fully saturated rings. The number of carbonyl (C=O) groups is 2. The third-order valence-electron chi connectivity index (χ3n) is 6.96. The molecular formula is C24H34FN3O3. The molecule has 0 saturated carbocycles. The molecule has 0 bridgehead atoms. The highest BCUT2D eigenvalue weighted by Gasteiger charge is 2.49. The van der Waals surface area contributed by atoms with Crippen molar-refractivity contribution in [2.75, 3.05) is 26.2 Å². The molecule has 2 heterocycles. The van der Waals surface area contributed by atoms with Gasteiger partial charge < -0.3 is 20.7 Å². The normalized spacial score (nSPS) is 21.6. The van der Waals surface area contributed by atoms with Gasteiger partial charge in [0.1, 0.15) is 12.4 Å². The van der Waals surface area contributed by atoms with Crippen LogP contribution in [-0.2, 0) is 11.2 Å². The second-order valence-electron chi connectivity index (χ2n) is 9.29. The molecule has 2 aliphatic rings. The first-order valence-electron chi connectivity index (χ1n) is 11.1. The number of benzene rings is 1. The van der Waals surface area contributed by atoms with Crippen molar-refractivity contribution in [2.24, 2.45) is 11.1 Å². The van der Waals surface area contributed by atoms with Gasteiger partial charge in [0.05, 0.1) is 6.33 Å². The maximum Gasteiger partial charge on any atom is 0.252 e. The minimum Gasteiger partial charge on any atom is -0.489 e. The van der Waals surface area contributed by atoms with Crippen molar-refractivity contribution in [3.8, 4) is 5.75 Å². The molecular weight excluding hydrogens is 397 g/mol. The van der Waals surface area contributed by atoms with E-state index in [1.54, 1.807) is 12.1 Å². The number of nitrogens with one attached hydrogen (secondary N) is 1. The number of likely N-dealkylation sites (tertiary alicyclic amines) is 1. The van der Waals surface area contributed by atoms with E-state index in [2.05, 4.69) is 19.2 Å². The quantitative estimate of drug-likeness (QED) is 0.661. The molecule has 1 unspecified atom stereocenters. The number of fused-ring (bicyclic) bond motifs is 1. The minimum absolute atomic E-state index is 0.0622.